The molecule has 0 radical (unpaired) electrons. The van der Waals surface area contributed by atoms with E-state index in [0.717, 1.165) is 48.3 Å². The van der Waals surface area contributed by atoms with Gasteiger partial charge in [0.25, 0.3) is 0 Å². The number of anilines is 1. The van der Waals surface area contributed by atoms with Gasteiger partial charge in [0, 0.05) is 66.9 Å². The molecule has 6 aromatic carbocycles. The van der Waals surface area contributed by atoms with Gasteiger partial charge in [0.15, 0.2) is 0 Å². The highest BCUT2D eigenvalue weighted by atomic mass is 15.2. The maximum atomic E-state index is 4.46. The number of fused-ring (bicyclic) bond motifs is 12. The quantitative estimate of drug-likeness (QED) is 0.125. The van der Waals surface area contributed by atoms with Crippen LogP contribution in [0.5, 0.6) is 0 Å². The Balaban J connectivity index is 0.899. The highest BCUT2D eigenvalue weighted by Gasteiger charge is 2.36. The molecule has 3 heterocycles. The molecule has 9 aromatic rings. The van der Waals surface area contributed by atoms with Crippen molar-refractivity contribution in [2.45, 2.75) is 25.7 Å². The molecule has 0 bridgehead atoms. The molecule has 0 spiro atoms. The standard InChI is InChI=1S/C66H51N3/c1-4-46(19-17-18-43-30-35-48(36-31-43)68-62-26-13-9-22-55(62)56-23-10-14-27-63(56)68)67(49-41-60-57-24-11-15-28-64(57)69-65-29-16-12-25-58(65)61(42-49)66(60)69)47-37-32-44(33-38-47)45-34-39-54-53-21-8-7-20-52(53)50(5-2)51(6-3)59(54)40-45/h4-19,21-32,34-37,39,41-42,52,59H,1-3,20,33,38,40H2/b18-17+,46-19+. The minimum absolute atomic E-state index is 0.281. The molecule has 2 atom stereocenters. The Hall–Kier alpha value is -8.40. The van der Waals surface area contributed by atoms with Crippen LogP contribution in [-0.4, -0.2) is 8.97 Å². The molecule has 3 aromatic heterocycles. The van der Waals surface area contributed by atoms with Gasteiger partial charge in [-0.3, -0.25) is 0 Å². The number of rotatable bonds is 10. The molecule has 0 N–H and O–H groups in total. The van der Waals surface area contributed by atoms with Gasteiger partial charge >= 0.3 is 0 Å². The van der Waals surface area contributed by atoms with Crippen LogP contribution in [0, 0.1) is 11.8 Å². The Kier molecular flexibility index (Phi) is 9.73. The van der Waals surface area contributed by atoms with E-state index in [2.05, 4.69) is 240 Å². The van der Waals surface area contributed by atoms with Crippen LogP contribution in [0.15, 0.2) is 271 Å². The van der Waals surface area contributed by atoms with Crippen molar-refractivity contribution in [3.05, 3.63) is 277 Å². The summed E-state index contributed by atoms with van der Waals surface area (Å²) >= 11 is 0. The first-order chi connectivity index (χ1) is 34.1. The van der Waals surface area contributed by atoms with Gasteiger partial charge < -0.3 is 13.9 Å². The molecular formula is C66H51N3. The first kappa shape index (κ1) is 40.8. The largest absolute Gasteiger partial charge is 0.314 e. The predicted octanol–water partition coefficient (Wildman–Crippen LogP) is 17.2. The van der Waals surface area contributed by atoms with E-state index in [-0.39, 0.29) is 5.92 Å². The summed E-state index contributed by atoms with van der Waals surface area (Å²) in [5.74, 6) is 0.640. The van der Waals surface area contributed by atoms with Crippen LogP contribution in [0.4, 0.5) is 5.69 Å². The van der Waals surface area contributed by atoms with Crippen molar-refractivity contribution in [2.75, 3.05) is 4.90 Å². The van der Waals surface area contributed by atoms with E-state index in [1.54, 1.807) is 0 Å². The zero-order valence-electron chi connectivity index (χ0n) is 38.7. The fraction of sp³-hybridized carbons (Fsp3) is 0.0909. The lowest BCUT2D eigenvalue weighted by molar-refractivity contribution is 0.606. The number of hydrogen-bond donors (Lipinski definition) is 0. The van der Waals surface area contributed by atoms with Crippen molar-refractivity contribution < 1.29 is 0 Å². The zero-order chi connectivity index (χ0) is 46.2. The molecule has 0 aliphatic heterocycles. The summed E-state index contributed by atoms with van der Waals surface area (Å²) in [6.07, 6.45) is 32.9. The molecular weight excluding hydrogens is 835 g/mol. The minimum Gasteiger partial charge on any atom is -0.314 e. The SMILES string of the molecule is C=CC1=C(C=C)C2CC(C3=CC=C(N(/C(C=C)=C/C=C/c4ccc(-n5c6ccccc6c6ccccc65)cc4)c4cc5c6ccccc6n6c7ccccc7c(c4)c56)CC3)=CC=C2C2=CC=CCC21. The smallest absolute Gasteiger partial charge is 0.0622 e. The van der Waals surface area contributed by atoms with Gasteiger partial charge in [0.2, 0.25) is 0 Å². The summed E-state index contributed by atoms with van der Waals surface area (Å²) in [6.45, 7) is 13.1. The Labute approximate surface area is 403 Å². The highest BCUT2D eigenvalue weighted by molar-refractivity contribution is 6.24. The molecule has 0 saturated heterocycles. The third kappa shape index (κ3) is 6.41. The molecule has 4 aliphatic rings. The van der Waals surface area contributed by atoms with E-state index in [0.29, 0.717) is 5.92 Å². The van der Waals surface area contributed by atoms with Gasteiger partial charge in [-0.25, -0.2) is 0 Å². The van der Waals surface area contributed by atoms with E-state index >= 15 is 0 Å². The van der Waals surface area contributed by atoms with E-state index in [4.69, 9.17) is 0 Å². The van der Waals surface area contributed by atoms with Crippen molar-refractivity contribution in [3.8, 4) is 5.69 Å². The van der Waals surface area contributed by atoms with Crippen LogP contribution in [0.1, 0.15) is 31.2 Å². The van der Waals surface area contributed by atoms with Crippen LogP contribution in [0.2, 0.25) is 0 Å². The predicted molar refractivity (Wildman–Crippen MR) is 294 cm³/mol. The van der Waals surface area contributed by atoms with Gasteiger partial charge in [-0.05, 0) is 131 Å². The number of hydrogen-bond acceptors (Lipinski definition) is 1. The minimum atomic E-state index is 0.281. The van der Waals surface area contributed by atoms with Crippen molar-refractivity contribution in [3.63, 3.8) is 0 Å². The number of benzene rings is 6. The van der Waals surface area contributed by atoms with E-state index < -0.39 is 0 Å². The van der Waals surface area contributed by atoms with Crippen molar-refractivity contribution in [1.29, 1.82) is 0 Å². The van der Waals surface area contributed by atoms with Gasteiger partial charge in [-0.1, -0.05) is 165 Å². The first-order valence-corrected chi connectivity index (χ1v) is 24.3. The lowest BCUT2D eigenvalue weighted by Gasteiger charge is -2.40. The average molecular weight is 886 g/mol. The number of para-hydroxylation sites is 4. The molecule has 3 heteroatoms. The van der Waals surface area contributed by atoms with E-state index in [1.807, 2.05) is 6.08 Å². The van der Waals surface area contributed by atoms with E-state index in [9.17, 15) is 0 Å². The molecule has 0 fully saturated rings. The zero-order valence-corrected chi connectivity index (χ0v) is 38.7. The molecule has 13 rings (SSSR count). The summed E-state index contributed by atoms with van der Waals surface area (Å²) in [5, 5.41) is 7.57. The van der Waals surface area contributed by atoms with Crippen molar-refractivity contribution in [1.82, 2.24) is 8.97 Å². The number of nitrogens with zero attached hydrogens (tertiary/aromatic N) is 3. The lowest BCUT2D eigenvalue weighted by atomic mass is 9.64. The molecule has 3 nitrogen and oxygen atoms in total. The second-order valence-electron chi connectivity index (χ2n) is 18.8. The van der Waals surface area contributed by atoms with Crippen LogP contribution in [0.3, 0.4) is 0 Å². The maximum Gasteiger partial charge on any atom is 0.0622 e. The average Bonchev–Trinajstić information content (AvgIpc) is 4.05. The van der Waals surface area contributed by atoms with Crippen LogP contribution in [-0.2, 0) is 0 Å². The molecule has 0 amide bonds. The first-order valence-electron chi connectivity index (χ1n) is 24.3. The van der Waals surface area contributed by atoms with Gasteiger partial charge in [-0.2, -0.15) is 0 Å². The summed E-state index contributed by atoms with van der Waals surface area (Å²) in [6, 6.07) is 48.7. The summed E-state index contributed by atoms with van der Waals surface area (Å²) in [5.41, 5.74) is 20.2. The monoisotopic (exact) mass is 885 g/mol. The van der Waals surface area contributed by atoms with Crippen LogP contribution < -0.4 is 4.90 Å². The summed E-state index contributed by atoms with van der Waals surface area (Å²) in [4.78, 5) is 2.45. The second-order valence-corrected chi connectivity index (χ2v) is 18.8. The Morgan fingerprint density at radius 2 is 1.14 bits per heavy atom. The molecule has 2 unspecified atom stereocenters. The summed E-state index contributed by atoms with van der Waals surface area (Å²) in [7, 11) is 0. The van der Waals surface area contributed by atoms with Gasteiger partial charge in [0.05, 0.1) is 27.6 Å². The number of aromatic nitrogens is 2. The Morgan fingerprint density at radius 3 is 1.75 bits per heavy atom. The Morgan fingerprint density at radius 1 is 0.565 bits per heavy atom. The Bertz CT molecular complexity index is 3810. The molecule has 4 aliphatic carbocycles. The van der Waals surface area contributed by atoms with E-state index in [1.165, 1.54) is 99.0 Å². The molecule has 0 saturated carbocycles. The normalized spacial score (nSPS) is 18.4. The van der Waals surface area contributed by atoms with Crippen molar-refractivity contribution >= 4 is 71.7 Å². The van der Waals surface area contributed by atoms with Crippen LogP contribution >= 0.6 is 0 Å². The van der Waals surface area contributed by atoms with Gasteiger partial charge in [0.1, 0.15) is 0 Å². The third-order valence-corrected chi connectivity index (χ3v) is 15.3. The summed E-state index contributed by atoms with van der Waals surface area (Å²) < 4.78 is 4.82. The second kappa shape index (κ2) is 16.4. The van der Waals surface area contributed by atoms with Crippen LogP contribution in [0.25, 0.3) is 71.7 Å². The third-order valence-electron chi connectivity index (χ3n) is 15.3. The van der Waals surface area contributed by atoms with Crippen molar-refractivity contribution in [2.24, 2.45) is 11.8 Å². The highest BCUT2D eigenvalue weighted by Crippen LogP contribution is 2.51. The fourth-order valence-electron chi connectivity index (χ4n) is 12.2. The molecule has 330 valence electrons. The van der Waals surface area contributed by atoms with Gasteiger partial charge in [-0.15, -0.1) is 0 Å². The number of allylic oxidation sites excluding steroid dienone is 19. The topological polar surface area (TPSA) is 12.6 Å². The molecule has 69 heavy (non-hydrogen) atoms. The fourth-order valence-corrected chi connectivity index (χ4v) is 12.2. The lowest BCUT2D eigenvalue weighted by Crippen LogP contribution is -2.26. The maximum absolute atomic E-state index is 4.46.